The first-order chi connectivity index (χ1) is 17.1. The molecule has 4 nitrogen and oxygen atoms in total. The molecule has 0 bridgehead atoms. The number of nitrogens with one attached hydrogen (secondary N) is 1. The largest absolute Gasteiger partial charge is 0.354 e. The minimum atomic E-state index is -0.613. The molecule has 1 N–H and O–H groups in total. The van der Waals surface area contributed by atoms with Crippen LogP contribution in [0.2, 0.25) is 5.02 Å². The molecule has 3 rings (SSSR count). The van der Waals surface area contributed by atoms with Crippen LogP contribution in [0.5, 0.6) is 0 Å². The SMILES string of the molecule is CCCCNC(=O)[C@H](Cc1ccccc1)N(Cc1cccc(Cl)c1)C(=O)CSCc1ccccc1. The first-order valence-corrected chi connectivity index (χ1v) is 13.6. The molecule has 6 heteroatoms. The number of unbranched alkanes of at least 4 members (excludes halogenated alkanes) is 1. The Morgan fingerprint density at radius 2 is 1.57 bits per heavy atom. The van der Waals surface area contributed by atoms with Gasteiger partial charge in [-0.1, -0.05) is 97.7 Å². The number of halogens is 1. The third kappa shape index (κ3) is 9.08. The van der Waals surface area contributed by atoms with Crippen molar-refractivity contribution in [1.29, 1.82) is 0 Å². The summed E-state index contributed by atoms with van der Waals surface area (Å²) >= 11 is 7.79. The Morgan fingerprint density at radius 3 is 2.23 bits per heavy atom. The first kappa shape index (κ1) is 26.8. The number of thioether (sulfide) groups is 1. The predicted octanol–water partition coefficient (Wildman–Crippen LogP) is 6.13. The summed E-state index contributed by atoms with van der Waals surface area (Å²) in [7, 11) is 0. The van der Waals surface area contributed by atoms with Gasteiger partial charge in [-0.2, -0.15) is 0 Å². The lowest BCUT2D eigenvalue weighted by atomic mass is 10.0. The van der Waals surface area contributed by atoms with Gasteiger partial charge in [0.15, 0.2) is 0 Å². The highest BCUT2D eigenvalue weighted by molar-refractivity contribution is 7.99. The normalized spacial score (nSPS) is 11.6. The molecule has 0 aromatic heterocycles. The Balaban J connectivity index is 1.83. The molecule has 0 spiro atoms. The zero-order chi connectivity index (χ0) is 24.9. The Hall–Kier alpha value is -2.76. The third-order valence-corrected chi connectivity index (χ3v) is 6.90. The third-order valence-electron chi connectivity index (χ3n) is 5.68. The van der Waals surface area contributed by atoms with Crippen molar-refractivity contribution in [2.24, 2.45) is 0 Å². The second kappa shape index (κ2) is 14.6. The summed E-state index contributed by atoms with van der Waals surface area (Å²) in [4.78, 5) is 28.7. The van der Waals surface area contributed by atoms with Gasteiger partial charge >= 0.3 is 0 Å². The maximum atomic E-state index is 13.6. The van der Waals surface area contributed by atoms with Crippen LogP contribution >= 0.6 is 23.4 Å². The van der Waals surface area contributed by atoms with Gasteiger partial charge in [-0.15, -0.1) is 11.8 Å². The Morgan fingerprint density at radius 1 is 0.914 bits per heavy atom. The van der Waals surface area contributed by atoms with E-state index in [1.165, 1.54) is 5.56 Å². The lowest BCUT2D eigenvalue weighted by Gasteiger charge is -2.31. The predicted molar refractivity (Wildman–Crippen MR) is 146 cm³/mol. The van der Waals surface area contributed by atoms with E-state index in [9.17, 15) is 9.59 Å². The molecule has 1 atom stereocenters. The van der Waals surface area contributed by atoms with Crippen LogP contribution in [0.4, 0.5) is 0 Å². The van der Waals surface area contributed by atoms with Crippen LogP contribution in [-0.4, -0.2) is 35.1 Å². The van der Waals surface area contributed by atoms with Crippen molar-refractivity contribution in [3.05, 3.63) is 107 Å². The van der Waals surface area contributed by atoms with Crippen LogP contribution in [-0.2, 0) is 28.3 Å². The molecule has 35 heavy (non-hydrogen) atoms. The Kier molecular flexibility index (Phi) is 11.2. The maximum Gasteiger partial charge on any atom is 0.243 e. The molecule has 0 heterocycles. The van der Waals surface area contributed by atoms with Crippen molar-refractivity contribution < 1.29 is 9.59 Å². The van der Waals surface area contributed by atoms with Crippen LogP contribution in [0, 0.1) is 0 Å². The summed E-state index contributed by atoms with van der Waals surface area (Å²) in [6, 6.07) is 26.8. The molecule has 2 amide bonds. The quantitative estimate of drug-likeness (QED) is 0.282. The molecule has 3 aromatic rings. The number of carbonyl (C=O) groups excluding carboxylic acids is 2. The van der Waals surface area contributed by atoms with Gasteiger partial charge in [0.05, 0.1) is 5.75 Å². The van der Waals surface area contributed by atoms with Gasteiger partial charge in [0.1, 0.15) is 6.04 Å². The van der Waals surface area contributed by atoms with Crippen LogP contribution in [0.15, 0.2) is 84.9 Å². The van der Waals surface area contributed by atoms with Crippen LogP contribution in [0.3, 0.4) is 0 Å². The number of hydrogen-bond donors (Lipinski definition) is 1. The second-order valence-electron chi connectivity index (χ2n) is 8.48. The van der Waals surface area contributed by atoms with E-state index < -0.39 is 6.04 Å². The standard InChI is InChI=1S/C29H33ClN2O2S/c1-2-3-17-31-29(34)27(19-23-11-6-4-7-12-23)32(20-25-15-10-16-26(30)18-25)28(33)22-35-21-24-13-8-5-9-14-24/h4-16,18,27H,2-3,17,19-22H2,1H3,(H,31,34)/t27-/m0/s1. The highest BCUT2D eigenvalue weighted by atomic mass is 35.5. The summed E-state index contributed by atoms with van der Waals surface area (Å²) in [6.07, 6.45) is 2.35. The van der Waals surface area contributed by atoms with Gasteiger partial charge in [-0.3, -0.25) is 9.59 Å². The van der Waals surface area contributed by atoms with Crippen LogP contribution < -0.4 is 5.32 Å². The molecule has 0 aliphatic carbocycles. The summed E-state index contributed by atoms with van der Waals surface area (Å²) in [5, 5.41) is 3.66. The number of hydrogen-bond acceptors (Lipinski definition) is 3. The van der Waals surface area contributed by atoms with E-state index in [1.807, 2.05) is 72.8 Å². The van der Waals surface area contributed by atoms with E-state index in [0.29, 0.717) is 30.3 Å². The lowest BCUT2D eigenvalue weighted by Crippen LogP contribution is -2.51. The number of rotatable bonds is 13. The van der Waals surface area contributed by atoms with E-state index in [1.54, 1.807) is 16.7 Å². The number of carbonyl (C=O) groups is 2. The first-order valence-electron chi connectivity index (χ1n) is 12.0. The summed E-state index contributed by atoms with van der Waals surface area (Å²) < 4.78 is 0. The van der Waals surface area contributed by atoms with E-state index in [0.717, 1.165) is 29.7 Å². The van der Waals surface area contributed by atoms with Crippen molar-refractivity contribution >= 4 is 35.2 Å². The van der Waals surface area contributed by atoms with E-state index in [4.69, 9.17) is 11.6 Å². The zero-order valence-electron chi connectivity index (χ0n) is 20.2. The molecular weight excluding hydrogens is 476 g/mol. The molecule has 0 aliphatic rings. The molecule has 184 valence electrons. The van der Waals surface area contributed by atoms with Gasteiger partial charge in [-0.05, 0) is 35.2 Å². The molecule has 3 aromatic carbocycles. The second-order valence-corrected chi connectivity index (χ2v) is 9.90. The summed E-state index contributed by atoms with van der Waals surface area (Å²) in [5.41, 5.74) is 3.09. The highest BCUT2D eigenvalue weighted by Gasteiger charge is 2.30. The zero-order valence-corrected chi connectivity index (χ0v) is 21.7. The van der Waals surface area contributed by atoms with Gasteiger partial charge in [-0.25, -0.2) is 0 Å². The van der Waals surface area contributed by atoms with E-state index in [2.05, 4.69) is 24.4 Å². The Bertz CT molecular complexity index is 1060. The molecule has 0 saturated heterocycles. The van der Waals surface area contributed by atoms with Gasteiger partial charge < -0.3 is 10.2 Å². The molecule has 0 unspecified atom stereocenters. The minimum Gasteiger partial charge on any atom is -0.354 e. The summed E-state index contributed by atoms with van der Waals surface area (Å²) in [6.45, 7) is 3.01. The fourth-order valence-electron chi connectivity index (χ4n) is 3.81. The van der Waals surface area contributed by atoms with Crippen molar-refractivity contribution in [3.63, 3.8) is 0 Å². The lowest BCUT2D eigenvalue weighted by molar-refractivity contribution is -0.139. The number of benzene rings is 3. The van der Waals surface area contributed by atoms with Crippen molar-refractivity contribution in [2.75, 3.05) is 12.3 Å². The fourth-order valence-corrected chi connectivity index (χ4v) is 4.89. The molecule has 0 aliphatic heterocycles. The van der Waals surface area contributed by atoms with Crippen LogP contribution in [0.1, 0.15) is 36.5 Å². The van der Waals surface area contributed by atoms with Crippen LogP contribution in [0.25, 0.3) is 0 Å². The Labute approximate surface area is 218 Å². The fraction of sp³-hybridized carbons (Fsp3) is 0.310. The molecular formula is C29H33ClN2O2S. The molecule has 0 saturated carbocycles. The average Bonchev–Trinajstić information content (AvgIpc) is 2.87. The highest BCUT2D eigenvalue weighted by Crippen LogP contribution is 2.20. The van der Waals surface area contributed by atoms with Gasteiger partial charge in [0.25, 0.3) is 0 Å². The van der Waals surface area contributed by atoms with Crippen molar-refractivity contribution in [1.82, 2.24) is 10.2 Å². The van der Waals surface area contributed by atoms with Crippen molar-refractivity contribution in [3.8, 4) is 0 Å². The molecule has 0 fully saturated rings. The maximum absolute atomic E-state index is 13.6. The molecule has 0 radical (unpaired) electrons. The minimum absolute atomic E-state index is 0.0579. The number of amides is 2. The van der Waals surface area contributed by atoms with Crippen molar-refractivity contribution in [2.45, 2.75) is 44.5 Å². The van der Waals surface area contributed by atoms with Gasteiger partial charge in [0.2, 0.25) is 11.8 Å². The topological polar surface area (TPSA) is 49.4 Å². The monoisotopic (exact) mass is 508 g/mol. The van der Waals surface area contributed by atoms with Gasteiger partial charge in [0, 0.05) is 30.3 Å². The summed E-state index contributed by atoms with van der Waals surface area (Å²) in [5.74, 6) is 0.857. The smallest absolute Gasteiger partial charge is 0.243 e. The average molecular weight is 509 g/mol. The van der Waals surface area contributed by atoms with E-state index >= 15 is 0 Å². The number of nitrogens with zero attached hydrogens (tertiary/aromatic N) is 1. The van der Waals surface area contributed by atoms with E-state index in [-0.39, 0.29) is 11.8 Å².